The third-order valence-electron chi connectivity index (χ3n) is 13.5. The average Bonchev–Trinajstić information content (AvgIpc) is 3.85. The van der Waals surface area contributed by atoms with Gasteiger partial charge in [0.05, 0.1) is 5.41 Å². The van der Waals surface area contributed by atoms with Gasteiger partial charge in [-0.25, -0.2) is 0 Å². The molecule has 9 aromatic rings. The van der Waals surface area contributed by atoms with Crippen molar-refractivity contribution in [3.63, 3.8) is 0 Å². The first-order valence-corrected chi connectivity index (χ1v) is 20.8. The van der Waals surface area contributed by atoms with Gasteiger partial charge in [-0.15, -0.1) is 0 Å². The van der Waals surface area contributed by atoms with Gasteiger partial charge < -0.3 is 4.90 Å². The fourth-order valence-corrected chi connectivity index (χ4v) is 10.8. The molecule has 0 heterocycles. The molecule has 0 aliphatic heterocycles. The Kier molecular flexibility index (Phi) is 7.26. The molecule has 9 aromatic carbocycles. The van der Waals surface area contributed by atoms with Crippen LogP contribution in [0.1, 0.15) is 47.2 Å². The van der Waals surface area contributed by atoms with Crippen molar-refractivity contribution in [2.75, 3.05) is 4.90 Å². The lowest BCUT2D eigenvalue weighted by atomic mass is 9.70. The lowest BCUT2D eigenvalue weighted by molar-refractivity contribution is 0.660. The van der Waals surface area contributed by atoms with E-state index < -0.39 is 5.41 Å². The van der Waals surface area contributed by atoms with Gasteiger partial charge in [-0.1, -0.05) is 184 Å². The SMILES string of the molecule is CC1(C)c2ccccc2-c2ccc(N(c3cccc(-c4ccccc4)c3)c3ccc4c(c3)-c3ccccc3C43c4ccccc4-c4ccc(-c5ccccc5)cc43)cc21. The van der Waals surface area contributed by atoms with Crippen LogP contribution in [-0.2, 0) is 10.8 Å². The minimum Gasteiger partial charge on any atom is -0.310 e. The highest BCUT2D eigenvalue weighted by atomic mass is 15.1. The molecule has 0 saturated carbocycles. The Morgan fingerprint density at radius 1 is 0.271 bits per heavy atom. The number of benzene rings is 9. The average molecular weight is 752 g/mol. The van der Waals surface area contributed by atoms with Crippen LogP contribution in [0, 0.1) is 0 Å². The van der Waals surface area contributed by atoms with Crippen molar-refractivity contribution in [1.29, 1.82) is 0 Å². The summed E-state index contributed by atoms with van der Waals surface area (Å²) in [7, 11) is 0. The predicted octanol–water partition coefficient (Wildman–Crippen LogP) is 15.1. The summed E-state index contributed by atoms with van der Waals surface area (Å²) in [5, 5.41) is 0. The third kappa shape index (κ3) is 4.79. The Morgan fingerprint density at radius 3 is 1.42 bits per heavy atom. The van der Waals surface area contributed by atoms with E-state index in [-0.39, 0.29) is 5.41 Å². The second-order valence-corrected chi connectivity index (χ2v) is 16.8. The first-order chi connectivity index (χ1) is 29.0. The molecule has 0 aromatic heterocycles. The molecule has 59 heavy (non-hydrogen) atoms. The van der Waals surface area contributed by atoms with Gasteiger partial charge in [0.2, 0.25) is 0 Å². The zero-order chi connectivity index (χ0) is 39.3. The zero-order valence-corrected chi connectivity index (χ0v) is 33.2. The molecular weight excluding hydrogens is 711 g/mol. The monoisotopic (exact) mass is 751 g/mol. The second-order valence-electron chi connectivity index (χ2n) is 16.8. The summed E-state index contributed by atoms with van der Waals surface area (Å²) in [5.74, 6) is 0. The summed E-state index contributed by atoms with van der Waals surface area (Å²) in [6, 6.07) is 79.2. The van der Waals surface area contributed by atoms with E-state index in [1.165, 1.54) is 89.0 Å². The fraction of sp³-hybridized carbons (Fsp3) is 0.0690. The van der Waals surface area contributed by atoms with Crippen molar-refractivity contribution < 1.29 is 0 Å². The first kappa shape index (κ1) is 33.9. The van der Waals surface area contributed by atoms with Crippen LogP contribution >= 0.6 is 0 Å². The topological polar surface area (TPSA) is 3.24 Å². The van der Waals surface area contributed by atoms with Gasteiger partial charge >= 0.3 is 0 Å². The summed E-state index contributed by atoms with van der Waals surface area (Å²) in [5.41, 5.74) is 23.7. The Balaban J connectivity index is 1.09. The number of anilines is 3. The van der Waals surface area contributed by atoms with Crippen molar-refractivity contribution in [1.82, 2.24) is 0 Å². The Labute approximate surface area is 346 Å². The highest BCUT2D eigenvalue weighted by Crippen LogP contribution is 2.64. The Morgan fingerprint density at radius 2 is 0.729 bits per heavy atom. The normalized spacial score (nSPS) is 15.8. The van der Waals surface area contributed by atoms with E-state index in [2.05, 4.69) is 231 Å². The molecule has 12 rings (SSSR count). The highest BCUT2D eigenvalue weighted by molar-refractivity contribution is 5.97. The molecule has 0 radical (unpaired) electrons. The van der Waals surface area contributed by atoms with Gasteiger partial charge in [0.25, 0.3) is 0 Å². The molecule has 278 valence electrons. The molecule has 0 N–H and O–H groups in total. The fourth-order valence-electron chi connectivity index (χ4n) is 10.8. The van der Waals surface area contributed by atoms with Gasteiger partial charge in [0.1, 0.15) is 0 Å². The number of fused-ring (bicyclic) bond motifs is 13. The molecule has 0 fully saturated rings. The van der Waals surface area contributed by atoms with Crippen molar-refractivity contribution in [2.45, 2.75) is 24.7 Å². The maximum Gasteiger partial charge on any atom is 0.0725 e. The first-order valence-electron chi connectivity index (χ1n) is 20.8. The summed E-state index contributed by atoms with van der Waals surface area (Å²) >= 11 is 0. The van der Waals surface area contributed by atoms with Crippen LogP contribution in [0.5, 0.6) is 0 Å². The molecular formula is C58H41N. The molecule has 1 heteroatoms. The van der Waals surface area contributed by atoms with Gasteiger partial charge in [0.15, 0.2) is 0 Å². The smallest absolute Gasteiger partial charge is 0.0725 e. The van der Waals surface area contributed by atoms with E-state index >= 15 is 0 Å². The van der Waals surface area contributed by atoms with Crippen molar-refractivity contribution in [3.8, 4) is 55.6 Å². The van der Waals surface area contributed by atoms with Gasteiger partial charge in [-0.3, -0.25) is 0 Å². The minimum absolute atomic E-state index is 0.120. The van der Waals surface area contributed by atoms with Crippen LogP contribution in [0.2, 0.25) is 0 Å². The van der Waals surface area contributed by atoms with Gasteiger partial charge in [-0.05, 0) is 131 Å². The molecule has 3 aliphatic rings. The van der Waals surface area contributed by atoms with Crippen LogP contribution in [0.3, 0.4) is 0 Å². The maximum atomic E-state index is 2.48. The van der Waals surface area contributed by atoms with E-state index in [1.807, 2.05) is 0 Å². The number of rotatable bonds is 5. The van der Waals surface area contributed by atoms with Crippen molar-refractivity contribution >= 4 is 17.1 Å². The largest absolute Gasteiger partial charge is 0.310 e. The van der Waals surface area contributed by atoms with E-state index in [0.717, 1.165) is 17.1 Å². The standard InChI is InChI=1S/C58H41N/c1-57(2)51-25-12-9-22-45(51)48-32-29-44(37-55(48)57)59(42-21-15-20-40(34-42)38-16-5-3-6-17-38)43-30-33-54-50(36-43)47-24-11-14-27-53(47)58(54)52-26-13-10-23-46(52)49-31-28-41(35-56(49)58)39-18-7-4-8-19-39/h3-37H,1-2H3. The Bertz CT molecular complexity index is 3140. The van der Waals surface area contributed by atoms with Crippen LogP contribution < -0.4 is 4.90 Å². The van der Waals surface area contributed by atoms with E-state index in [1.54, 1.807) is 0 Å². The lowest BCUT2D eigenvalue weighted by Crippen LogP contribution is -2.26. The van der Waals surface area contributed by atoms with E-state index in [0.29, 0.717) is 0 Å². The molecule has 1 spiro atoms. The van der Waals surface area contributed by atoms with Gasteiger partial charge in [0, 0.05) is 22.5 Å². The minimum atomic E-state index is -0.442. The van der Waals surface area contributed by atoms with Crippen LogP contribution in [0.15, 0.2) is 212 Å². The van der Waals surface area contributed by atoms with Gasteiger partial charge in [-0.2, -0.15) is 0 Å². The third-order valence-corrected chi connectivity index (χ3v) is 13.5. The predicted molar refractivity (Wildman–Crippen MR) is 246 cm³/mol. The molecule has 1 atom stereocenters. The van der Waals surface area contributed by atoms with Crippen LogP contribution in [0.25, 0.3) is 55.6 Å². The molecule has 1 nitrogen and oxygen atoms in total. The summed E-state index contributed by atoms with van der Waals surface area (Å²) in [6.45, 7) is 4.74. The number of hydrogen-bond donors (Lipinski definition) is 0. The van der Waals surface area contributed by atoms with Crippen molar-refractivity contribution in [2.24, 2.45) is 0 Å². The van der Waals surface area contributed by atoms with E-state index in [4.69, 9.17) is 0 Å². The molecule has 1 unspecified atom stereocenters. The Hall–Kier alpha value is -7.22. The summed E-state index contributed by atoms with van der Waals surface area (Å²) in [4.78, 5) is 2.48. The number of hydrogen-bond acceptors (Lipinski definition) is 1. The second kappa shape index (κ2) is 12.6. The lowest BCUT2D eigenvalue weighted by Gasteiger charge is -2.32. The van der Waals surface area contributed by atoms with Crippen molar-refractivity contribution in [3.05, 3.63) is 246 Å². The highest BCUT2D eigenvalue weighted by Gasteiger charge is 2.52. The summed E-state index contributed by atoms with van der Waals surface area (Å²) in [6.07, 6.45) is 0. The number of nitrogens with zero attached hydrogens (tertiary/aromatic N) is 1. The molecule has 3 aliphatic carbocycles. The molecule has 0 bridgehead atoms. The van der Waals surface area contributed by atoms with Crippen LogP contribution in [0.4, 0.5) is 17.1 Å². The van der Waals surface area contributed by atoms with E-state index in [9.17, 15) is 0 Å². The quantitative estimate of drug-likeness (QED) is 0.169. The van der Waals surface area contributed by atoms with Crippen LogP contribution in [-0.4, -0.2) is 0 Å². The summed E-state index contributed by atoms with van der Waals surface area (Å²) < 4.78 is 0. The molecule has 0 amide bonds. The zero-order valence-electron chi connectivity index (χ0n) is 33.2. The molecule has 0 saturated heterocycles. The maximum absolute atomic E-state index is 2.48.